The fraction of sp³-hybridized carbons (Fsp3) is 0.350. The van der Waals surface area contributed by atoms with Crippen molar-refractivity contribution >= 4 is 11.9 Å². The standard InChI is InChI=1S/C20H24N2O4/c1-13(2)26-18-9-5-8-17(22-18)19(23)21-12-16(20(24)25)11-15-7-4-6-14(3)10-15/h4-10,13,16H,11-12H2,1-3H3,(H,21,23)(H,24,25). The zero-order chi connectivity index (χ0) is 19.1. The van der Waals surface area contributed by atoms with E-state index >= 15 is 0 Å². The number of hydrogen-bond donors (Lipinski definition) is 2. The van der Waals surface area contributed by atoms with Crippen LogP contribution in [0, 0.1) is 12.8 Å². The van der Waals surface area contributed by atoms with Crippen molar-refractivity contribution in [2.75, 3.05) is 6.54 Å². The molecule has 138 valence electrons. The van der Waals surface area contributed by atoms with Crippen LogP contribution in [0.5, 0.6) is 5.88 Å². The Kier molecular flexibility index (Phi) is 6.72. The summed E-state index contributed by atoms with van der Waals surface area (Å²) in [7, 11) is 0. The number of nitrogens with one attached hydrogen (secondary N) is 1. The minimum absolute atomic E-state index is 0.0268. The topological polar surface area (TPSA) is 88.5 Å². The van der Waals surface area contributed by atoms with Gasteiger partial charge < -0.3 is 15.2 Å². The number of carboxylic acids is 1. The molecule has 6 nitrogen and oxygen atoms in total. The van der Waals surface area contributed by atoms with Gasteiger partial charge in [0, 0.05) is 12.6 Å². The van der Waals surface area contributed by atoms with Crippen LogP contribution in [0.1, 0.15) is 35.5 Å². The third-order valence-corrected chi connectivity index (χ3v) is 3.74. The lowest BCUT2D eigenvalue weighted by Gasteiger charge is -2.14. The first-order chi connectivity index (χ1) is 12.3. The minimum atomic E-state index is -0.948. The molecule has 0 saturated carbocycles. The Morgan fingerprint density at radius 3 is 2.58 bits per heavy atom. The number of carbonyl (C=O) groups is 2. The molecule has 1 amide bonds. The monoisotopic (exact) mass is 356 g/mol. The predicted molar refractivity (Wildman–Crippen MR) is 98.3 cm³/mol. The molecule has 1 aromatic carbocycles. The summed E-state index contributed by atoms with van der Waals surface area (Å²) < 4.78 is 5.47. The van der Waals surface area contributed by atoms with Gasteiger partial charge in [-0.05, 0) is 38.8 Å². The predicted octanol–water partition coefficient (Wildman–Crippen LogP) is 2.85. The van der Waals surface area contributed by atoms with E-state index in [9.17, 15) is 14.7 Å². The highest BCUT2D eigenvalue weighted by Crippen LogP contribution is 2.12. The number of aliphatic carboxylic acids is 1. The number of aryl methyl sites for hydroxylation is 1. The molecule has 0 radical (unpaired) electrons. The van der Waals surface area contributed by atoms with Crippen LogP contribution < -0.4 is 10.1 Å². The quantitative estimate of drug-likeness (QED) is 0.759. The Bertz CT molecular complexity index is 774. The van der Waals surface area contributed by atoms with Crippen molar-refractivity contribution in [3.8, 4) is 5.88 Å². The number of benzene rings is 1. The molecule has 1 heterocycles. The summed E-state index contributed by atoms with van der Waals surface area (Å²) in [5, 5.41) is 12.1. The molecular formula is C20H24N2O4. The zero-order valence-electron chi connectivity index (χ0n) is 15.2. The van der Waals surface area contributed by atoms with Crippen molar-refractivity contribution in [3.05, 3.63) is 59.3 Å². The summed E-state index contributed by atoms with van der Waals surface area (Å²) in [5.74, 6) is -1.72. The molecule has 2 N–H and O–H groups in total. The second-order valence-corrected chi connectivity index (χ2v) is 6.47. The van der Waals surface area contributed by atoms with E-state index in [1.165, 1.54) is 0 Å². The van der Waals surface area contributed by atoms with Gasteiger partial charge in [0.15, 0.2) is 0 Å². The first-order valence-corrected chi connectivity index (χ1v) is 8.55. The first-order valence-electron chi connectivity index (χ1n) is 8.55. The van der Waals surface area contributed by atoms with Gasteiger partial charge in [-0.1, -0.05) is 35.9 Å². The number of carbonyl (C=O) groups excluding carboxylic acids is 1. The maximum atomic E-state index is 12.3. The van der Waals surface area contributed by atoms with E-state index in [1.54, 1.807) is 18.2 Å². The number of aromatic nitrogens is 1. The summed E-state index contributed by atoms with van der Waals surface area (Å²) in [4.78, 5) is 28.0. The Balaban J connectivity index is 2.00. The molecule has 0 aliphatic heterocycles. The molecule has 0 bridgehead atoms. The van der Waals surface area contributed by atoms with Gasteiger partial charge in [0.05, 0.1) is 12.0 Å². The van der Waals surface area contributed by atoms with Crippen LogP contribution in [0.3, 0.4) is 0 Å². The molecule has 1 unspecified atom stereocenters. The molecule has 26 heavy (non-hydrogen) atoms. The van der Waals surface area contributed by atoms with Crippen molar-refractivity contribution < 1.29 is 19.4 Å². The molecule has 0 saturated heterocycles. The minimum Gasteiger partial charge on any atom is -0.481 e. The second kappa shape index (κ2) is 8.99. The molecule has 6 heteroatoms. The van der Waals surface area contributed by atoms with Crippen LogP contribution in [0.4, 0.5) is 0 Å². The van der Waals surface area contributed by atoms with E-state index < -0.39 is 17.8 Å². The number of pyridine rings is 1. The van der Waals surface area contributed by atoms with E-state index in [4.69, 9.17) is 4.74 Å². The van der Waals surface area contributed by atoms with Gasteiger partial charge in [-0.15, -0.1) is 0 Å². The molecule has 0 spiro atoms. The largest absolute Gasteiger partial charge is 0.481 e. The maximum absolute atomic E-state index is 12.3. The Labute approximate surface area is 153 Å². The summed E-state index contributed by atoms with van der Waals surface area (Å²) in [6, 6.07) is 12.6. The van der Waals surface area contributed by atoms with Gasteiger partial charge in [-0.25, -0.2) is 4.98 Å². The lowest BCUT2D eigenvalue weighted by atomic mass is 9.98. The molecule has 0 aliphatic rings. The average molecular weight is 356 g/mol. The molecule has 0 aliphatic carbocycles. The fourth-order valence-corrected chi connectivity index (χ4v) is 2.53. The molecule has 0 fully saturated rings. The van der Waals surface area contributed by atoms with E-state index in [2.05, 4.69) is 10.3 Å². The number of ether oxygens (including phenoxy) is 1. The van der Waals surface area contributed by atoms with Crippen LogP contribution in [-0.2, 0) is 11.2 Å². The van der Waals surface area contributed by atoms with Gasteiger partial charge in [0.1, 0.15) is 5.69 Å². The number of hydrogen-bond acceptors (Lipinski definition) is 4. The van der Waals surface area contributed by atoms with E-state index in [0.717, 1.165) is 11.1 Å². The molecule has 2 aromatic rings. The van der Waals surface area contributed by atoms with Crippen molar-refractivity contribution in [2.24, 2.45) is 5.92 Å². The highest BCUT2D eigenvalue weighted by molar-refractivity contribution is 5.92. The molecule has 1 aromatic heterocycles. The van der Waals surface area contributed by atoms with Crippen LogP contribution in [0.2, 0.25) is 0 Å². The van der Waals surface area contributed by atoms with Crippen molar-refractivity contribution in [3.63, 3.8) is 0 Å². The summed E-state index contributed by atoms with van der Waals surface area (Å²) in [6.45, 7) is 5.73. The number of amides is 1. The van der Waals surface area contributed by atoms with Crippen LogP contribution >= 0.6 is 0 Å². The fourth-order valence-electron chi connectivity index (χ4n) is 2.53. The lowest BCUT2D eigenvalue weighted by molar-refractivity contribution is -0.141. The number of nitrogens with zero attached hydrogens (tertiary/aromatic N) is 1. The van der Waals surface area contributed by atoms with E-state index in [0.29, 0.717) is 12.3 Å². The van der Waals surface area contributed by atoms with Crippen LogP contribution in [0.25, 0.3) is 0 Å². The van der Waals surface area contributed by atoms with Gasteiger partial charge in [0.2, 0.25) is 5.88 Å². The molecule has 2 rings (SSSR count). The van der Waals surface area contributed by atoms with Crippen molar-refractivity contribution in [2.45, 2.75) is 33.3 Å². The average Bonchev–Trinajstić information content (AvgIpc) is 2.57. The summed E-state index contributed by atoms with van der Waals surface area (Å²) in [5.41, 5.74) is 2.20. The maximum Gasteiger partial charge on any atom is 0.308 e. The third kappa shape index (κ3) is 5.88. The Hall–Kier alpha value is -2.89. The normalized spacial score (nSPS) is 11.8. The Morgan fingerprint density at radius 2 is 1.92 bits per heavy atom. The second-order valence-electron chi connectivity index (χ2n) is 6.47. The van der Waals surface area contributed by atoms with Crippen LogP contribution in [0.15, 0.2) is 42.5 Å². The lowest BCUT2D eigenvalue weighted by Crippen LogP contribution is -2.34. The van der Waals surface area contributed by atoms with Gasteiger partial charge in [-0.2, -0.15) is 0 Å². The first kappa shape index (κ1) is 19.4. The highest BCUT2D eigenvalue weighted by Gasteiger charge is 2.20. The Morgan fingerprint density at radius 1 is 1.19 bits per heavy atom. The van der Waals surface area contributed by atoms with Gasteiger partial charge in [-0.3, -0.25) is 9.59 Å². The van der Waals surface area contributed by atoms with E-state index in [-0.39, 0.29) is 18.3 Å². The molecular weight excluding hydrogens is 332 g/mol. The smallest absolute Gasteiger partial charge is 0.308 e. The molecule has 1 atom stereocenters. The van der Waals surface area contributed by atoms with Crippen molar-refractivity contribution in [1.29, 1.82) is 0 Å². The number of carboxylic acid groups (broad SMARTS) is 1. The summed E-state index contributed by atoms with van der Waals surface area (Å²) >= 11 is 0. The van der Waals surface area contributed by atoms with Crippen molar-refractivity contribution in [1.82, 2.24) is 10.3 Å². The van der Waals surface area contributed by atoms with Gasteiger partial charge >= 0.3 is 5.97 Å². The van der Waals surface area contributed by atoms with E-state index in [1.807, 2.05) is 45.0 Å². The number of rotatable bonds is 8. The highest BCUT2D eigenvalue weighted by atomic mass is 16.5. The summed E-state index contributed by atoms with van der Waals surface area (Å²) in [6.07, 6.45) is 0.299. The van der Waals surface area contributed by atoms with Crippen LogP contribution in [-0.4, -0.2) is 34.6 Å². The third-order valence-electron chi connectivity index (χ3n) is 3.74. The van der Waals surface area contributed by atoms with Gasteiger partial charge in [0.25, 0.3) is 5.91 Å². The SMILES string of the molecule is Cc1cccc(CC(CNC(=O)c2cccc(OC(C)C)n2)C(=O)O)c1. The zero-order valence-corrected chi connectivity index (χ0v) is 15.2.